The monoisotopic (exact) mass is 300 g/mol. The van der Waals surface area contributed by atoms with Crippen LogP contribution < -0.4 is 10.1 Å². The van der Waals surface area contributed by atoms with Crippen molar-refractivity contribution >= 4 is 5.91 Å². The van der Waals surface area contributed by atoms with Gasteiger partial charge in [-0.2, -0.15) is 0 Å². The van der Waals surface area contributed by atoms with Gasteiger partial charge in [-0.1, -0.05) is 37.2 Å². The van der Waals surface area contributed by atoms with Gasteiger partial charge in [0.1, 0.15) is 12.4 Å². The van der Waals surface area contributed by atoms with Crippen LogP contribution in [0.25, 0.3) is 0 Å². The summed E-state index contributed by atoms with van der Waals surface area (Å²) >= 11 is 0. The minimum atomic E-state index is -0.240. The smallest absolute Gasteiger partial charge is 0.290 e. The van der Waals surface area contributed by atoms with Crippen molar-refractivity contribution in [2.45, 2.75) is 32.7 Å². The Morgan fingerprint density at radius 3 is 3.05 bits per heavy atom. The van der Waals surface area contributed by atoms with E-state index in [4.69, 9.17) is 9.26 Å². The van der Waals surface area contributed by atoms with Gasteiger partial charge >= 0.3 is 0 Å². The highest BCUT2D eigenvalue weighted by atomic mass is 16.5. The van der Waals surface area contributed by atoms with Crippen LogP contribution in [0, 0.1) is 5.92 Å². The first-order chi connectivity index (χ1) is 10.6. The Kier molecular flexibility index (Phi) is 4.13. The van der Waals surface area contributed by atoms with E-state index >= 15 is 0 Å². The zero-order chi connectivity index (χ0) is 15.5. The van der Waals surface area contributed by atoms with Crippen LogP contribution in [0.5, 0.6) is 5.75 Å². The van der Waals surface area contributed by atoms with Gasteiger partial charge in [-0.15, -0.1) is 0 Å². The van der Waals surface area contributed by atoms with Crippen LogP contribution in [0.15, 0.2) is 34.9 Å². The maximum Gasteiger partial charge on any atom is 0.290 e. The minimum Gasteiger partial charge on any atom is -0.491 e. The average molecular weight is 300 g/mol. The predicted octanol–water partition coefficient (Wildman–Crippen LogP) is 2.61. The predicted molar refractivity (Wildman–Crippen MR) is 81.9 cm³/mol. The van der Waals surface area contributed by atoms with E-state index in [0.29, 0.717) is 12.5 Å². The number of carbonyl (C=O) groups excluding carboxylic acids is 1. The molecule has 0 bridgehead atoms. The number of para-hydroxylation sites is 1. The van der Waals surface area contributed by atoms with Crippen LogP contribution in [0.1, 0.15) is 35.7 Å². The van der Waals surface area contributed by atoms with Gasteiger partial charge in [-0.25, -0.2) is 0 Å². The summed E-state index contributed by atoms with van der Waals surface area (Å²) in [6, 6.07) is 9.54. The number of fused-ring (bicyclic) bond motifs is 1. The first-order valence-corrected chi connectivity index (χ1v) is 7.59. The van der Waals surface area contributed by atoms with Gasteiger partial charge in [0.25, 0.3) is 5.91 Å². The lowest BCUT2D eigenvalue weighted by atomic mass is 10.0. The van der Waals surface area contributed by atoms with Crippen molar-refractivity contribution in [2.24, 2.45) is 5.92 Å². The van der Waals surface area contributed by atoms with Crippen molar-refractivity contribution < 1.29 is 14.1 Å². The summed E-state index contributed by atoms with van der Waals surface area (Å²) in [6.07, 6.45) is 1.56. The standard InChI is InChI=1S/C17H20N2O3/c1-11(2)7-13-9-16(22-19-13)17(20)18-14-8-12-5-3-4-6-15(12)21-10-14/h3-6,9,11,14H,7-8,10H2,1-2H3,(H,18,20)/t14-/m0/s1. The minimum absolute atomic E-state index is 0.0546. The number of ether oxygens (including phenoxy) is 1. The van der Waals surface area contributed by atoms with E-state index in [1.165, 1.54) is 0 Å². The number of hydrogen-bond donors (Lipinski definition) is 1. The van der Waals surface area contributed by atoms with Gasteiger partial charge in [0.05, 0.1) is 11.7 Å². The molecule has 1 atom stereocenters. The van der Waals surface area contributed by atoms with Gasteiger partial charge in [0, 0.05) is 6.07 Å². The first kappa shape index (κ1) is 14.6. The summed E-state index contributed by atoms with van der Waals surface area (Å²) in [6.45, 7) is 4.67. The summed E-state index contributed by atoms with van der Waals surface area (Å²) in [7, 11) is 0. The van der Waals surface area contributed by atoms with E-state index in [2.05, 4.69) is 24.3 Å². The Morgan fingerprint density at radius 1 is 1.41 bits per heavy atom. The summed E-state index contributed by atoms with van der Waals surface area (Å²) in [5.41, 5.74) is 1.92. The van der Waals surface area contributed by atoms with Gasteiger partial charge in [0.2, 0.25) is 5.76 Å². The quantitative estimate of drug-likeness (QED) is 0.942. The molecular weight excluding hydrogens is 280 g/mol. The van der Waals surface area contributed by atoms with Crippen molar-refractivity contribution in [3.05, 3.63) is 47.3 Å². The number of carbonyl (C=O) groups is 1. The lowest BCUT2D eigenvalue weighted by Gasteiger charge is -2.25. The Labute approximate surface area is 129 Å². The Morgan fingerprint density at radius 2 is 2.23 bits per heavy atom. The molecule has 0 fully saturated rings. The van der Waals surface area contributed by atoms with E-state index in [-0.39, 0.29) is 17.7 Å². The number of hydrogen-bond acceptors (Lipinski definition) is 4. The van der Waals surface area contributed by atoms with Crippen LogP contribution in [0.4, 0.5) is 0 Å². The average Bonchev–Trinajstić information content (AvgIpc) is 2.95. The normalized spacial score (nSPS) is 17.0. The molecule has 1 N–H and O–H groups in total. The third-order valence-electron chi connectivity index (χ3n) is 3.61. The molecule has 3 rings (SSSR count). The molecule has 0 radical (unpaired) electrons. The molecule has 0 saturated heterocycles. The molecule has 1 aromatic heterocycles. The lowest BCUT2D eigenvalue weighted by molar-refractivity contribution is 0.0878. The largest absolute Gasteiger partial charge is 0.491 e. The zero-order valence-corrected chi connectivity index (χ0v) is 12.8. The van der Waals surface area contributed by atoms with Crippen LogP contribution in [0.2, 0.25) is 0 Å². The Balaban J connectivity index is 1.62. The first-order valence-electron chi connectivity index (χ1n) is 7.59. The highest BCUT2D eigenvalue weighted by Crippen LogP contribution is 2.24. The second-order valence-electron chi connectivity index (χ2n) is 6.07. The van der Waals surface area contributed by atoms with Crippen molar-refractivity contribution in [2.75, 3.05) is 6.61 Å². The van der Waals surface area contributed by atoms with Gasteiger partial charge in [0.15, 0.2) is 0 Å². The summed E-state index contributed by atoms with van der Waals surface area (Å²) in [4.78, 5) is 12.2. The van der Waals surface area contributed by atoms with E-state index in [0.717, 1.165) is 29.8 Å². The lowest BCUT2D eigenvalue weighted by Crippen LogP contribution is -2.42. The highest BCUT2D eigenvalue weighted by molar-refractivity contribution is 5.91. The topological polar surface area (TPSA) is 64.4 Å². The van der Waals surface area contributed by atoms with Gasteiger partial charge in [-0.05, 0) is 30.4 Å². The number of benzene rings is 1. The molecule has 1 aromatic carbocycles. The molecule has 5 heteroatoms. The summed E-state index contributed by atoms with van der Waals surface area (Å²) < 4.78 is 10.8. The molecule has 116 valence electrons. The molecular formula is C17H20N2O3. The molecule has 5 nitrogen and oxygen atoms in total. The van der Waals surface area contributed by atoms with Crippen LogP contribution in [0.3, 0.4) is 0 Å². The SMILES string of the molecule is CC(C)Cc1cc(C(=O)N[C@@H]2COc3ccccc3C2)on1. The molecule has 1 aliphatic heterocycles. The van der Waals surface area contributed by atoms with Gasteiger partial charge in [-0.3, -0.25) is 4.79 Å². The van der Waals surface area contributed by atoms with Crippen LogP contribution in [-0.2, 0) is 12.8 Å². The fourth-order valence-corrected chi connectivity index (χ4v) is 2.61. The molecule has 22 heavy (non-hydrogen) atoms. The number of aromatic nitrogens is 1. The Bertz CT molecular complexity index is 663. The molecule has 1 aliphatic rings. The second kappa shape index (κ2) is 6.22. The van der Waals surface area contributed by atoms with Crippen LogP contribution in [-0.4, -0.2) is 23.7 Å². The molecule has 0 saturated carbocycles. The second-order valence-corrected chi connectivity index (χ2v) is 6.07. The molecule has 0 unspecified atom stereocenters. The van der Waals surface area contributed by atoms with Gasteiger partial charge < -0.3 is 14.6 Å². The van der Waals surface area contributed by atoms with Crippen molar-refractivity contribution in [1.82, 2.24) is 10.5 Å². The van der Waals surface area contributed by atoms with E-state index in [1.807, 2.05) is 24.3 Å². The number of rotatable bonds is 4. The highest BCUT2D eigenvalue weighted by Gasteiger charge is 2.23. The molecule has 2 aromatic rings. The summed E-state index contributed by atoms with van der Waals surface area (Å²) in [5.74, 6) is 1.39. The van der Waals surface area contributed by atoms with E-state index in [9.17, 15) is 4.79 Å². The third-order valence-corrected chi connectivity index (χ3v) is 3.61. The fraction of sp³-hybridized carbons (Fsp3) is 0.412. The molecule has 1 amide bonds. The van der Waals surface area contributed by atoms with Crippen molar-refractivity contribution in [3.63, 3.8) is 0 Å². The van der Waals surface area contributed by atoms with Crippen molar-refractivity contribution in [3.8, 4) is 5.75 Å². The molecule has 0 aliphatic carbocycles. The maximum atomic E-state index is 12.2. The zero-order valence-electron chi connectivity index (χ0n) is 12.8. The molecule has 2 heterocycles. The summed E-state index contributed by atoms with van der Waals surface area (Å²) in [5, 5.41) is 6.88. The van der Waals surface area contributed by atoms with Crippen molar-refractivity contribution in [1.29, 1.82) is 0 Å². The van der Waals surface area contributed by atoms with E-state index < -0.39 is 0 Å². The fourth-order valence-electron chi connectivity index (χ4n) is 2.61. The number of amides is 1. The third kappa shape index (κ3) is 3.30. The number of nitrogens with zero attached hydrogens (tertiary/aromatic N) is 1. The molecule has 0 spiro atoms. The maximum absolute atomic E-state index is 12.2. The Hall–Kier alpha value is -2.30. The number of nitrogens with one attached hydrogen (secondary N) is 1. The van der Waals surface area contributed by atoms with Crippen LogP contribution >= 0.6 is 0 Å². The van der Waals surface area contributed by atoms with E-state index in [1.54, 1.807) is 6.07 Å².